The van der Waals surface area contributed by atoms with Crippen LogP contribution >= 0.6 is 0 Å². The summed E-state index contributed by atoms with van der Waals surface area (Å²) in [6.07, 6.45) is 1.24. The highest BCUT2D eigenvalue weighted by Crippen LogP contribution is 2.38. The van der Waals surface area contributed by atoms with Crippen molar-refractivity contribution in [3.63, 3.8) is 0 Å². The lowest BCUT2D eigenvalue weighted by molar-refractivity contribution is 0.129. The minimum atomic E-state index is -1.40. The van der Waals surface area contributed by atoms with Gasteiger partial charge in [0.15, 0.2) is 0 Å². The van der Waals surface area contributed by atoms with Gasteiger partial charge in [-0.15, -0.1) is 0 Å². The Morgan fingerprint density at radius 3 is 2.39 bits per heavy atom. The fourth-order valence-corrected chi connectivity index (χ4v) is 4.60. The molecule has 0 spiro atoms. The fraction of sp³-hybridized carbons (Fsp3) is 0.929. The van der Waals surface area contributed by atoms with E-state index in [0.29, 0.717) is 5.04 Å². The van der Waals surface area contributed by atoms with Crippen LogP contribution < -0.4 is 0 Å². The summed E-state index contributed by atoms with van der Waals surface area (Å²) >= 11 is 0. The molecule has 1 saturated heterocycles. The molecular weight excluding hydrogens is 238 g/mol. The third-order valence-corrected chi connectivity index (χ3v) is 10.3. The van der Waals surface area contributed by atoms with Crippen molar-refractivity contribution in [2.75, 3.05) is 26.3 Å². The van der Waals surface area contributed by atoms with Crippen molar-refractivity contribution in [2.45, 2.75) is 52.2 Å². The molecule has 1 aliphatic rings. The van der Waals surface area contributed by atoms with Gasteiger partial charge in [0.05, 0.1) is 12.0 Å². The summed E-state index contributed by atoms with van der Waals surface area (Å²) in [5.41, 5.74) is 0. The van der Waals surface area contributed by atoms with Gasteiger partial charge < -0.3 is 4.57 Å². The third kappa shape index (κ3) is 3.56. The first-order valence-electron chi connectivity index (χ1n) is 7.05. The molecule has 0 amide bonds. The summed E-state index contributed by atoms with van der Waals surface area (Å²) in [5, 5.41) is 9.34. The van der Waals surface area contributed by atoms with Crippen LogP contribution in [0, 0.1) is 17.2 Å². The standard InChI is InChI=1S/C14H29N3Si/c1-13(10-15)11-16-8-7-9-17(12-16)18(5,6)14(2,3)4/h13H,7-9,11-12H2,1-6H3. The molecular formula is C14H29N3Si. The first kappa shape index (κ1) is 15.7. The highest BCUT2D eigenvalue weighted by molar-refractivity contribution is 6.77. The topological polar surface area (TPSA) is 30.3 Å². The van der Waals surface area contributed by atoms with E-state index in [2.05, 4.69) is 49.4 Å². The van der Waals surface area contributed by atoms with E-state index in [0.717, 1.165) is 19.8 Å². The van der Waals surface area contributed by atoms with Crippen LogP contribution in [0.15, 0.2) is 0 Å². The van der Waals surface area contributed by atoms with Gasteiger partial charge in [-0.05, 0) is 24.9 Å². The van der Waals surface area contributed by atoms with E-state index in [1.807, 2.05) is 6.92 Å². The maximum atomic E-state index is 8.94. The van der Waals surface area contributed by atoms with Crippen LogP contribution in [0.1, 0.15) is 34.1 Å². The first-order chi connectivity index (χ1) is 8.18. The molecule has 0 radical (unpaired) electrons. The van der Waals surface area contributed by atoms with E-state index >= 15 is 0 Å². The van der Waals surface area contributed by atoms with Gasteiger partial charge in [-0.25, -0.2) is 0 Å². The maximum Gasteiger partial charge on any atom is 0.128 e. The smallest absolute Gasteiger partial charge is 0.128 e. The molecule has 1 heterocycles. The van der Waals surface area contributed by atoms with Crippen molar-refractivity contribution >= 4 is 8.24 Å². The molecule has 0 saturated carbocycles. The molecule has 0 aromatic carbocycles. The van der Waals surface area contributed by atoms with Crippen molar-refractivity contribution < 1.29 is 0 Å². The van der Waals surface area contributed by atoms with Gasteiger partial charge in [-0.2, -0.15) is 5.26 Å². The molecule has 0 aromatic heterocycles. The Hall–Kier alpha value is -0.373. The predicted octanol–water partition coefficient (Wildman–Crippen LogP) is 3.12. The summed E-state index contributed by atoms with van der Waals surface area (Å²) in [6.45, 7) is 18.4. The number of hydrogen-bond acceptors (Lipinski definition) is 3. The van der Waals surface area contributed by atoms with Crippen LogP contribution in [-0.2, 0) is 0 Å². The molecule has 3 nitrogen and oxygen atoms in total. The van der Waals surface area contributed by atoms with Gasteiger partial charge in [0.2, 0.25) is 0 Å². The van der Waals surface area contributed by atoms with Crippen LogP contribution in [0.3, 0.4) is 0 Å². The van der Waals surface area contributed by atoms with Crippen molar-refractivity contribution in [3.05, 3.63) is 0 Å². The molecule has 1 atom stereocenters. The van der Waals surface area contributed by atoms with Gasteiger partial charge in [-0.3, -0.25) is 4.90 Å². The minimum absolute atomic E-state index is 0.143. The molecule has 18 heavy (non-hydrogen) atoms. The van der Waals surface area contributed by atoms with Crippen molar-refractivity contribution in [1.82, 2.24) is 9.47 Å². The van der Waals surface area contributed by atoms with Crippen LogP contribution in [-0.4, -0.2) is 44.0 Å². The first-order valence-corrected chi connectivity index (χ1v) is 10.00. The SMILES string of the molecule is CC(C#N)CN1CCCN([Si](C)(C)C(C)(C)C)C1. The highest BCUT2D eigenvalue weighted by atomic mass is 28.3. The number of nitrogens with zero attached hydrogens (tertiary/aromatic N) is 3. The number of rotatable bonds is 3. The summed E-state index contributed by atoms with van der Waals surface area (Å²) in [6, 6.07) is 2.35. The van der Waals surface area contributed by atoms with Crippen molar-refractivity contribution in [2.24, 2.45) is 5.92 Å². The van der Waals surface area contributed by atoms with Crippen LogP contribution in [0.5, 0.6) is 0 Å². The monoisotopic (exact) mass is 267 g/mol. The molecule has 4 heteroatoms. The summed E-state index contributed by atoms with van der Waals surface area (Å²) in [5.74, 6) is 0.143. The maximum absolute atomic E-state index is 8.94. The number of nitriles is 1. The minimum Gasteiger partial charge on any atom is -0.311 e. The van der Waals surface area contributed by atoms with Gasteiger partial charge in [0.25, 0.3) is 0 Å². The van der Waals surface area contributed by atoms with Crippen LogP contribution in [0.25, 0.3) is 0 Å². The van der Waals surface area contributed by atoms with Crippen molar-refractivity contribution in [1.29, 1.82) is 5.26 Å². The average Bonchev–Trinajstić information content (AvgIpc) is 2.27. The Morgan fingerprint density at radius 1 is 1.28 bits per heavy atom. The van der Waals surface area contributed by atoms with E-state index in [-0.39, 0.29) is 5.92 Å². The third-order valence-electron chi connectivity index (χ3n) is 4.65. The van der Waals surface area contributed by atoms with E-state index in [1.54, 1.807) is 0 Å². The van der Waals surface area contributed by atoms with Gasteiger partial charge >= 0.3 is 0 Å². The fourth-order valence-electron chi connectivity index (χ4n) is 2.38. The molecule has 0 aromatic rings. The normalized spacial score (nSPS) is 21.6. The largest absolute Gasteiger partial charge is 0.311 e. The second kappa shape index (κ2) is 5.73. The van der Waals surface area contributed by atoms with E-state index in [1.165, 1.54) is 13.0 Å². The summed E-state index contributed by atoms with van der Waals surface area (Å²) in [4.78, 5) is 2.46. The Labute approximate surface area is 114 Å². The zero-order valence-electron chi connectivity index (χ0n) is 13.0. The molecule has 0 aliphatic carbocycles. The Bertz CT molecular complexity index is 314. The van der Waals surface area contributed by atoms with E-state index in [4.69, 9.17) is 5.26 Å². The van der Waals surface area contributed by atoms with E-state index in [9.17, 15) is 0 Å². The quantitative estimate of drug-likeness (QED) is 0.736. The zero-order valence-corrected chi connectivity index (χ0v) is 14.0. The van der Waals surface area contributed by atoms with Crippen molar-refractivity contribution in [3.8, 4) is 6.07 Å². The van der Waals surface area contributed by atoms with Crippen LogP contribution in [0.2, 0.25) is 18.1 Å². The van der Waals surface area contributed by atoms with Gasteiger partial charge in [0, 0.05) is 19.8 Å². The van der Waals surface area contributed by atoms with Gasteiger partial charge in [-0.1, -0.05) is 33.9 Å². The summed E-state index contributed by atoms with van der Waals surface area (Å²) in [7, 11) is -1.40. The molecule has 1 unspecified atom stereocenters. The molecule has 1 rings (SSSR count). The lowest BCUT2D eigenvalue weighted by atomic mass is 10.2. The second-order valence-corrected chi connectivity index (χ2v) is 12.4. The molecule has 1 aliphatic heterocycles. The zero-order chi connectivity index (χ0) is 14.0. The lowest BCUT2D eigenvalue weighted by Crippen LogP contribution is -2.61. The summed E-state index contributed by atoms with van der Waals surface area (Å²) < 4.78 is 2.71. The highest BCUT2D eigenvalue weighted by Gasteiger charge is 2.42. The Balaban J connectivity index is 2.67. The average molecular weight is 267 g/mol. The molecule has 0 N–H and O–H groups in total. The molecule has 1 fully saturated rings. The predicted molar refractivity (Wildman–Crippen MR) is 79.7 cm³/mol. The number of hydrogen-bond donors (Lipinski definition) is 0. The molecule has 0 bridgehead atoms. The van der Waals surface area contributed by atoms with Gasteiger partial charge in [0.1, 0.15) is 8.24 Å². The Morgan fingerprint density at radius 2 is 1.89 bits per heavy atom. The van der Waals surface area contributed by atoms with Crippen LogP contribution in [0.4, 0.5) is 0 Å². The second-order valence-electron chi connectivity index (χ2n) is 7.17. The lowest BCUT2D eigenvalue weighted by Gasteiger charge is -2.50. The molecule has 104 valence electrons. The van der Waals surface area contributed by atoms with E-state index < -0.39 is 8.24 Å². The Kier molecular flexibility index (Phi) is 4.99.